The average molecular weight is 247 g/mol. The van der Waals surface area contributed by atoms with Crippen molar-refractivity contribution in [3.05, 3.63) is 76.9 Å². The Bertz CT molecular complexity index is 660. The van der Waals surface area contributed by atoms with Crippen molar-refractivity contribution in [1.29, 1.82) is 5.26 Å². The van der Waals surface area contributed by atoms with E-state index in [-0.39, 0.29) is 5.78 Å². The minimum Gasteiger partial charge on any atom is -0.289 e. The molecule has 0 atom stereocenters. The minimum atomic E-state index is -0.0395. The van der Waals surface area contributed by atoms with Gasteiger partial charge in [0.15, 0.2) is 5.78 Å². The Kier molecular flexibility index (Phi) is 3.90. The normalized spacial score (nSPS) is 10.3. The van der Waals surface area contributed by atoms with Crippen molar-refractivity contribution in [2.45, 2.75) is 6.92 Å². The van der Waals surface area contributed by atoms with Crippen LogP contribution in [0.15, 0.2) is 54.6 Å². The molecule has 0 aromatic heterocycles. The second-order valence-corrected chi connectivity index (χ2v) is 4.30. The van der Waals surface area contributed by atoms with Crippen molar-refractivity contribution in [1.82, 2.24) is 0 Å². The average Bonchev–Trinajstić information content (AvgIpc) is 2.46. The van der Waals surface area contributed by atoms with Crippen molar-refractivity contribution in [2.75, 3.05) is 0 Å². The molecule has 0 aliphatic heterocycles. The molecule has 2 heteroatoms. The number of nitriles is 1. The largest absolute Gasteiger partial charge is 0.289 e. The molecule has 19 heavy (non-hydrogen) atoms. The van der Waals surface area contributed by atoms with Crippen LogP contribution in [0, 0.1) is 18.3 Å². The van der Waals surface area contributed by atoms with Gasteiger partial charge in [-0.2, -0.15) is 5.26 Å². The summed E-state index contributed by atoms with van der Waals surface area (Å²) in [5, 5.41) is 8.80. The minimum absolute atomic E-state index is 0.0395. The summed E-state index contributed by atoms with van der Waals surface area (Å²) in [6, 6.07) is 16.7. The topological polar surface area (TPSA) is 40.9 Å². The molecule has 0 saturated heterocycles. The molecule has 0 fully saturated rings. The highest BCUT2D eigenvalue weighted by Crippen LogP contribution is 2.09. The third-order valence-electron chi connectivity index (χ3n) is 2.78. The van der Waals surface area contributed by atoms with Crippen molar-refractivity contribution in [3.8, 4) is 6.07 Å². The highest BCUT2D eigenvalue weighted by atomic mass is 16.1. The fraction of sp³-hybridized carbons (Fsp3) is 0.0588. The number of hydrogen-bond acceptors (Lipinski definition) is 2. The molecule has 0 amide bonds. The Morgan fingerprint density at radius 2 is 1.89 bits per heavy atom. The Morgan fingerprint density at radius 3 is 2.58 bits per heavy atom. The summed E-state index contributed by atoms with van der Waals surface area (Å²) in [4.78, 5) is 11.9. The highest BCUT2D eigenvalue weighted by Gasteiger charge is 2.00. The van der Waals surface area contributed by atoms with E-state index >= 15 is 0 Å². The van der Waals surface area contributed by atoms with Gasteiger partial charge in [-0.1, -0.05) is 48.0 Å². The Balaban J connectivity index is 2.16. The van der Waals surface area contributed by atoms with Gasteiger partial charge in [0.2, 0.25) is 0 Å². The first-order chi connectivity index (χ1) is 9.19. The second-order valence-electron chi connectivity index (χ2n) is 4.30. The van der Waals surface area contributed by atoms with E-state index < -0.39 is 0 Å². The van der Waals surface area contributed by atoms with Crippen LogP contribution >= 0.6 is 0 Å². The molecule has 2 rings (SSSR count). The predicted octanol–water partition coefficient (Wildman–Crippen LogP) is 3.76. The maximum absolute atomic E-state index is 11.9. The number of carbonyl (C=O) groups excluding carboxylic acids is 1. The molecule has 0 saturated carbocycles. The first-order valence-corrected chi connectivity index (χ1v) is 5.98. The zero-order chi connectivity index (χ0) is 13.7. The zero-order valence-corrected chi connectivity index (χ0v) is 10.6. The van der Waals surface area contributed by atoms with Crippen LogP contribution in [0.25, 0.3) is 6.08 Å². The van der Waals surface area contributed by atoms with E-state index in [4.69, 9.17) is 5.26 Å². The molecular weight excluding hydrogens is 234 g/mol. The molecule has 0 unspecified atom stereocenters. The van der Waals surface area contributed by atoms with Crippen LogP contribution in [0.4, 0.5) is 0 Å². The van der Waals surface area contributed by atoms with E-state index in [0.29, 0.717) is 11.1 Å². The molecule has 2 aromatic rings. The van der Waals surface area contributed by atoms with Gasteiger partial charge in [0, 0.05) is 5.56 Å². The fourth-order valence-electron chi connectivity index (χ4n) is 1.70. The van der Waals surface area contributed by atoms with Gasteiger partial charge in [0.1, 0.15) is 0 Å². The lowest BCUT2D eigenvalue weighted by molar-refractivity contribution is 0.104. The number of aryl methyl sites for hydroxylation is 1. The van der Waals surface area contributed by atoms with Crippen molar-refractivity contribution in [3.63, 3.8) is 0 Å². The van der Waals surface area contributed by atoms with E-state index in [0.717, 1.165) is 11.1 Å². The number of hydrogen-bond donors (Lipinski definition) is 0. The first kappa shape index (κ1) is 12.8. The lowest BCUT2D eigenvalue weighted by Gasteiger charge is -1.97. The van der Waals surface area contributed by atoms with Gasteiger partial charge in [-0.3, -0.25) is 4.79 Å². The van der Waals surface area contributed by atoms with Crippen molar-refractivity contribution >= 4 is 11.9 Å². The van der Waals surface area contributed by atoms with Gasteiger partial charge in [-0.25, -0.2) is 0 Å². The van der Waals surface area contributed by atoms with E-state index in [2.05, 4.69) is 6.07 Å². The van der Waals surface area contributed by atoms with Crippen LogP contribution in [0.5, 0.6) is 0 Å². The molecule has 0 bridgehead atoms. The second kappa shape index (κ2) is 5.79. The number of ketones is 1. The maximum atomic E-state index is 11.9. The summed E-state index contributed by atoms with van der Waals surface area (Å²) in [6.45, 7) is 1.98. The van der Waals surface area contributed by atoms with Crippen molar-refractivity contribution in [2.24, 2.45) is 0 Å². The summed E-state index contributed by atoms with van der Waals surface area (Å²) in [5.74, 6) is -0.0395. The van der Waals surface area contributed by atoms with Crippen LogP contribution < -0.4 is 0 Å². The Hall–Kier alpha value is -2.66. The molecule has 92 valence electrons. The van der Waals surface area contributed by atoms with E-state index in [1.165, 1.54) is 6.08 Å². The van der Waals surface area contributed by atoms with Gasteiger partial charge >= 0.3 is 0 Å². The van der Waals surface area contributed by atoms with Gasteiger partial charge in [0.05, 0.1) is 11.6 Å². The fourth-order valence-corrected chi connectivity index (χ4v) is 1.70. The SMILES string of the molecule is Cc1ccc(C(=O)C=Cc2cccc(C#N)c2)cc1. The molecule has 0 heterocycles. The van der Waals surface area contributed by atoms with Gasteiger partial charge in [-0.15, -0.1) is 0 Å². The van der Waals surface area contributed by atoms with Gasteiger partial charge in [-0.05, 0) is 30.7 Å². The van der Waals surface area contributed by atoms with Crippen LogP contribution in [-0.2, 0) is 0 Å². The number of nitrogens with zero attached hydrogens (tertiary/aromatic N) is 1. The summed E-state index contributed by atoms with van der Waals surface area (Å²) in [5.41, 5.74) is 3.23. The number of carbonyl (C=O) groups is 1. The highest BCUT2D eigenvalue weighted by molar-refractivity contribution is 6.06. The lowest BCUT2D eigenvalue weighted by atomic mass is 10.1. The Labute approximate surface area is 112 Å². The number of benzene rings is 2. The predicted molar refractivity (Wildman–Crippen MR) is 75.7 cm³/mol. The third-order valence-corrected chi connectivity index (χ3v) is 2.78. The molecule has 0 aliphatic rings. The summed E-state index contributed by atoms with van der Waals surface area (Å²) >= 11 is 0. The molecule has 2 nitrogen and oxygen atoms in total. The van der Waals surface area contributed by atoms with E-state index in [1.807, 2.05) is 37.3 Å². The van der Waals surface area contributed by atoms with Gasteiger partial charge in [0.25, 0.3) is 0 Å². The van der Waals surface area contributed by atoms with Gasteiger partial charge < -0.3 is 0 Å². The van der Waals surface area contributed by atoms with E-state index in [9.17, 15) is 4.79 Å². The maximum Gasteiger partial charge on any atom is 0.185 e. The summed E-state index contributed by atoms with van der Waals surface area (Å²) in [6.07, 6.45) is 3.25. The lowest BCUT2D eigenvalue weighted by Crippen LogP contribution is -1.93. The monoisotopic (exact) mass is 247 g/mol. The number of allylic oxidation sites excluding steroid dienone is 1. The van der Waals surface area contributed by atoms with Crippen LogP contribution in [0.3, 0.4) is 0 Å². The molecular formula is C17H13NO. The quantitative estimate of drug-likeness (QED) is 0.612. The van der Waals surface area contributed by atoms with Crippen LogP contribution in [-0.4, -0.2) is 5.78 Å². The van der Waals surface area contributed by atoms with E-state index in [1.54, 1.807) is 24.3 Å². The smallest absolute Gasteiger partial charge is 0.185 e. The molecule has 2 aromatic carbocycles. The first-order valence-electron chi connectivity index (χ1n) is 5.98. The third kappa shape index (κ3) is 3.40. The van der Waals surface area contributed by atoms with Crippen LogP contribution in [0.2, 0.25) is 0 Å². The standard InChI is InChI=1S/C17H13NO/c1-13-5-8-16(9-6-13)17(19)10-7-14-3-2-4-15(11-14)12-18/h2-11H,1H3. The molecule has 0 N–H and O–H groups in total. The number of rotatable bonds is 3. The zero-order valence-electron chi connectivity index (χ0n) is 10.6. The van der Waals surface area contributed by atoms with Crippen molar-refractivity contribution < 1.29 is 4.79 Å². The van der Waals surface area contributed by atoms with Crippen LogP contribution in [0.1, 0.15) is 27.0 Å². The Morgan fingerprint density at radius 1 is 1.16 bits per heavy atom. The molecule has 0 aliphatic carbocycles. The molecule has 0 spiro atoms. The summed E-state index contributed by atoms with van der Waals surface area (Å²) in [7, 11) is 0. The molecule has 0 radical (unpaired) electrons. The summed E-state index contributed by atoms with van der Waals surface area (Å²) < 4.78 is 0.